The molecule has 0 radical (unpaired) electrons. The van der Waals surface area contributed by atoms with Gasteiger partial charge in [0, 0.05) is 12.5 Å². The van der Waals surface area contributed by atoms with E-state index in [-0.39, 0.29) is 12.0 Å². The molecule has 1 fully saturated rings. The molecular formula is C13H21NO3S. The van der Waals surface area contributed by atoms with Crippen molar-refractivity contribution in [3.63, 3.8) is 0 Å². The zero-order chi connectivity index (χ0) is 13.0. The lowest BCUT2D eigenvalue weighted by Crippen LogP contribution is -2.39. The standard InChI is InChI=1S/C13H21NO3S/c1-2-6-14-13(9-12-4-3-7-17-12)11-5-8-18(15,16)10-11/h3-4,7,11,13-14H,2,5-6,8-10H2,1H3. The number of hydrogen-bond donors (Lipinski definition) is 1. The Morgan fingerprint density at radius 1 is 1.56 bits per heavy atom. The van der Waals surface area contributed by atoms with Crippen LogP contribution in [0.3, 0.4) is 0 Å². The van der Waals surface area contributed by atoms with E-state index in [0.29, 0.717) is 11.5 Å². The lowest BCUT2D eigenvalue weighted by molar-refractivity contribution is 0.354. The quantitative estimate of drug-likeness (QED) is 0.854. The van der Waals surface area contributed by atoms with E-state index in [1.54, 1.807) is 6.26 Å². The van der Waals surface area contributed by atoms with Crippen molar-refractivity contribution >= 4 is 9.84 Å². The number of furan rings is 1. The van der Waals surface area contributed by atoms with E-state index in [1.807, 2.05) is 12.1 Å². The normalized spacial score (nSPS) is 24.2. The van der Waals surface area contributed by atoms with Crippen molar-refractivity contribution in [2.24, 2.45) is 5.92 Å². The molecule has 1 aliphatic rings. The summed E-state index contributed by atoms with van der Waals surface area (Å²) in [5, 5.41) is 3.46. The van der Waals surface area contributed by atoms with Crippen LogP contribution in [0.4, 0.5) is 0 Å². The third kappa shape index (κ3) is 3.59. The molecule has 102 valence electrons. The van der Waals surface area contributed by atoms with Crippen molar-refractivity contribution in [2.75, 3.05) is 18.1 Å². The molecule has 1 aromatic rings. The van der Waals surface area contributed by atoms with Gasteiger partial charge in [-0.3, -0.25) is 0 Å². The second-order valence-electron chi connectivity index (χ2n) is 5.01. The van der Waals surface area contributed by atoms with Crippen LogP contribution in [0.15, 0.2) is 22.8 Å². The van der Waals surface area contributed by atoms with E-state index in [4.69, 9.17) is 4.42 Å². The minimum absolute atomic E-state index is 0.202. The molecule has 0 bridgehead atoms. The van der Waals surface area contributed by atoms with E-state index in [1.165, 1.54) is 0 Å². The average molecular weight is 271 g/mol. The summed E-state index contributed by atoms with van der Waals surface area (Å²) in [6, 6.07) is 4.02. The predicted molar refractivity (Wildman–Crippen MR) is 71.3 cm³/mol. The monoisotopic (exact) mass is 271 g/mol. The summed E-state index contributed by atoms with van der Waals surface area (Å²) in [5.74, 6) is 1.79. The van der Waals surface area contributed by atoms with Gasteiger partial charge in [-0.2, -0.15) is 0 Å². The second kappa shape index (κ2) is 5.89. The van der Waals surface area contributed by atoms with Crippen molar-refractivity contribution in [1.82, 2.24) is 5.32 Å². The van der Waals surface area contributed by atoms with Gasteiger partial charge in [0.05, 0.1) is 17.8 Å². The summed E-state index contributed by atoms with van der Waals surface area (Å²) in [4.78, 5) is 0. The average Bonchev–Trinajstić information content (AvgIpc) is 2.93. The molecule has 2 heterocycles. The van der Waals surface area contributed by atoms with Crippen LogP contribution in [0, 0.1) is 5.92 Å². The molecular weight excluding hydrogens is 250 g/mol. The van der Waals surface area contributed by atoms with Crippen LogP contribution in [0.1, 0.15) is 25.5 Å². The number of hydrogen-bond acceptors (Lipinski definition) is 4. The summed E-state index contributed by atoms with van der Waals surface area (Å²) in [5.41, 5.74) is 0. The Morgan fingerprint density at radius 3 is 2.94 bits per heavy atom. The molecule has 5 heteroatoms. The Kier molecular flexibility index (Phi) is 4.45. The summed E-state index contributed by atoms with van der Waals surface area (Å²) < 4.78 is 28.5. The van der Waals surface area contributed by atoms with Crippen LogP contribution >= 0.6 is 0 Å². The number of rotatable bonds is 6. The summed E-state index contributed by atoms with van der Waals surface area (Å²) in [7, 11) is -2.82. The van der Waals surface area contributed by atoms with Crippen molar-refractivity contribution in [3.8, 4) is 0 Å². The molecule has 18 heavy (non-hydrogen) atoms. The van der Waals surface area contributed by atoms with Crippen molar-refractivity contribution in [3.05, 3.63) is 24.2 Å². The number of sulfone groups is 1. The van der Waals surface area contributed by atoms with Gasteiger partial charge >= 0.3 is 0 Å². The van der Waals surface area contributed by atoms with Gasteiger partial charge in [-0.05, 0) is 37.4 Å². The van der Waals surface area contributed by atoms with Crippen LogP contribution in [-0.2, 0) is 16.3 Å². The molecule has 0 amide bonds. The first kappa shape index (κ1) is 13.6. The highest BCUT2D eigenvalue weighted by atomic mass is 32.2. The van der Waals surface area contributed by atoms with Crippen molar-refractivity contribution in [1.29, 1.82) is 0 Å². The fourth-order valence-corrected chi connectivity index (χ4v) is 4.40. The first-order valence-electron chi connectivity index (χ1n) is 6.57. The van der Waals surface area contributed by atoms with Crippen LogP contribution < -0.4 is 5.32 Å². The molecule has 1 aliphatic heterocycles. The van der Waals surface area contributed by atoms with Gasteiger partial charge in [0.25, 0.3) is 0 Å². The Hall–Kier alpha value is -0.810. The summed E-state index contributed by atoms with van der Waals surface area (Å²) in [6.45, 7) is 3.03. The lowest BCUT2D eigenvalue weighted by atomic mass is 9.95. The minimum Gasteiger partial charge on any atom is -0.469 e. The maximum Gasteiger partial charge on any atom is 0.150 e. The molecule has 1 aromatic heterocycles. The Balaban J connectivity index is 2.01. The fourth-order valence-electron chi connectivity index (χ4n) is 2.52. The van der Waals surface area contributed by atoms with Crippen LogP contribution in [0.25, 0.3) is 0 Å². The largest absolute Gasteiger partial charge is 0.469 e. The van der Waals surface area contributed by atoms with E-state index < -0.39 is 9.84 Å². The highest BCUT2D eigenvalue weighted by Crippen LogP contribution is 2.24. The second-order valence-corrected chi connectivity index (χ2v) is 7.24. The van der Waals surface area contributed by atoms with Crippen LogP contribution in [0.5, 0.6) is 0 Å². The number of nitrogens with one attached hydrogen (secondary N) is 1. The van der Waals surface area contributed by atoms with Gasteiger partial charge in [-0.15, -0.1) is 0 Å². The summed E-state index contributed by atoms with van der Waals surface area (Å²) in [6.07, 6.45) is 4.25. The van der Waals surface area contributed by atoms with Crippen LogP contribution in [0.2, 0.25) is 0 Å². The Bertz CT molecular complexity index is 453. The molecule has 2 unspecified atom stereocenters. The summed E-state index contributed by atoms with van der Waals surface area (Å²) >= 11 is 0. The van der Waals surface area contributed by atoms with E-state index in [2.05, 4.69) is 12.2 Å². The van der Waals surface area contributed by atoms with Gasteiger partial charge < -0.3 is 9.73 Å². The Labute approximate surface area is 109 Å². The van der Waals surface area contributed by atoms with E-state index >= 15 is 0 Å². The fraction of sp³-hybridized carbons (Fsp3) is 0.692. The topological polar surface area (TPSA) is 59.3 Å². The smallest absolute Gasteiger partial charge is 0.150 e. The molecule has 0 aromatic carbocycles. The molecule has 1 N–H and O–H groups in total. The van der Waals surface area contributed by atoms with Gasteiger partial charge in [0.15, 0.2) is 9.84 Å². The molecule has 1 saturated heterocycles. The zero-order valence-corrected chi connectivity index (χ0v) is 11.6. The first-order valence-corrected chi connectivity index (χ1v) is 8.39. The molecule has 0 saturated carbocycles. The van der Waals surface area contributed by atoms with Crippen molar-refractivity contribution < 1.29 is 12.8 Å². The highest BCUT2D eigenvalue weighted by molar-refractivity contribution is 7.91. The molecule has 0 spiro atoms. The van der Waals surface area contributed by atoms with E-state index in [0.717, 1.165) is 31.6 Å². The van der Waals surface area contributed by atoms with Gasteiger partial charge in [-0.1, -0.05) is 6.92 Å². The third-order valence-electron chi connectivity index (χ3n) is 3.49. The predicted octanol–water partition coefficient (Wildman–Crippen LogP) is 1.62. The lowest BCUT2D eigenvalue weighted by Gasteiger charge is -2.23. The third-order valence-corrected chi connectivity index (χ3v) is 5.29. The molecule has 4 nitrogen and oxygen atoms in total. The Morgan fingerprint density at radius 2 is 2.39 bits per heavy atom. The van der Waals surface area contributed by atoms with Crippen molar-refractivity contribution in [2.45, 2.75) is 32.2 Å². The first-order chi connectivity index (χ1) is 8.61. The zero-order valence-electron chi connectivity index (χ0n) is 10.8. The maximum atomic E-state index is 11.6. The molecule has 2 rings (SSSR count). The molecule has 2 atom stereocenters. The highest BCUT2D eigenvalue weighted by Gasteiger charge is 2.33. The minimum atomic E-state index is -2.82. The maximum absolute atomic E-state index is 11.6. The molecule has 0 aliphatic carbocycles. The SMILES string of the molecule is CCCNC(Cc1ccco1)C1CCS(=O)(=O)C1. The van der Waals surface area contributed by atoms with Gasteiger partial charge in [0.2, 0.25) is 0 Å². The van der Waals surface area contributed by atoms with Gasteiger partial charge in [0.1, 0.15) is 5.76 Å². The van der Waals surface area contributed by atoms with Crippen LogP contribution in [-0.4, -0.2) is 32.5 Å². The van der Waals surface area contributed by atoms with E-state index in [9.17, 15) is 8.42 Å². The van der Waals surface area contributed by atoms with Gasteiger partial charge in [-0.25, -0.2) is 8.42 Å².